The fourth-order valence-electron chi connectivity index (χ4n) is 1.37. The van der Waals surface area contributed by atoms with Crippen LogP contribution in [0.15, 0.2) is 47.8 Å². The fourth-order valence-corrected chi connectivity index (χ4v) is 1.55. The van der Waals surface area contributed by atoms with Gasteiger partial charge in [-0.15, -0.1) is 0 Å². The highest BCUT2D eigenvalue weighted by atomic mass is 35.5. The van der Waals surface area contributed by atoms with Gasteiger partial charge >= 0.3 is 0 Å². The van der Waals surface area contributed by atoms with Gasteiger partial charge in [0.05, 0.1) is 0 Å². The predicted octanol–water partition coefficient (Wildman–Crippen LogP) is 2.62. The number of aromatic nitrogens is 1. The minimum atomic E-state index is -0.118. The van der Waals surface area contributed by atoms with Gasteiger partial charge < -0.3 is 15.7 Å². The van der Waals surface area contributed by atoms with Crippen LogP contribution in [0.4, 0.5) is 0 Å². The van der Waals surface area contributed by atoms with E-state index >= 15 is 0 Å². The van der Waals surface area contributed by atoms with Gasteiger partial charge in [-0.3, -0.25) is 0 Å². The summed E-state index contributed by atoms with van der Waals surface area (Å²) in [6, 6.07) is 10.3. The lowest BCUT2D eigenvalue weighted by atomic mass is 10.3. The quantitative estimate of drug-likeness (QED) is 0.386. The molecule has 0 saturated heterocycles. The molecule has 92 valence electrons. The largest absolute Gasteiger partial charge is 0.455 e. The van der Waals surface area contributed by atoms with Gasteiger partial charge in [0.2, 0.25) is 0 Å². The summed E-state index contributed by atoms with van der Waals surface area (Å²) < 4.78 is 5.59. The average molecular weight is 264 g/mol. The van der Waals surface area contributed by atoms with Crippen molar-refractivity contribution in [1.82, 2.24) is 4.98 Å². The number of hydrogen-bond acceptors (Lipinski definition) is 4. The number of rotatable bonds is 3. The molecule has 1 aromatic heterocycles. The van der Waals surface area contributed by atoms with E-state index in [0.29, 0.717) is 16.5 Å². The first-order valence-corrected chi connectivity index (χ1v) is 5.45. The summed E-state index contributed by atoms with van der Waals surface area (Å²) in [4.78, 5) is 3.99. The van der Waals surface area contributed by atoms with Gasteiger partial charge in [-0.1, -0.05) is 22.8 Å². The highest BCUT2D eigenvalue weighted by Crippen LogP contribution is 2.25. The minimum Gasteiger partial charge on any atom is -0.455 e. The van der Waals surface area contributed by atoms with Crippen molar-refractivity contribution in [2.45, 2.75) is 0 Å². The number of nitrogens with two attached hydrogens (primary N) is 1. The molecule has 0 fully saturated rings. The number of pyridine rings is 1. The van der Waals surface area contributed by atoms with Gasteiger partial charge in [-0.25, -0.2) is 4.98 Å². The third-order valence-electron chi connectivity index (χ3n) is 2.14. The summed E-state index contributed by atoms with van der Waals surface area (Å²) >= 11 is 5.86. The van der Waals surface area contributed by atoms with E-state index in [4.69, 9.17) is 27.3 Å². The molecule has 0 aliphatic heterocycles. The van der Waals surface area contributed by atoms with E-state index in [9.17, 15) is 0 Å². The number of nitrogens with zero attached hydrogens (tertiary/aromatic N) is 2. The van der Waals surface area contributed by atoms with Crippen LogP contribution in [-0.4, -0.2) is 16.0 Å². The summed E-state index contributed by atoms with van der Waals surface area (Å²) in [6.07, 6.45) is 1.53. The van der Waals surface area contributed by atoms with Crippen LogP contribution >= 0.6 is 11.6 Å². The second-order valence-electron chi connectivity index (χ2n) is 3.39. The Morgan fingerprint density at radius 1 is 1.33 bits per heavy atom. The highest BCUT2D eigenvalue weighted by molar-refractivity contribution is 6.30. The molecule has 0 aliphatic rings. The van der Waals surface area contributed by atoms with Crippen LogP contribution in [0.5, 0.6) is 11.5 Å². The normalized spacial score (nSPS) is 11.3. The molecule has 0 saturated carbocycles. The second-order valence-corrected chi connectivity index (χ2v) is 3.83. The van der Waals surface area contributed by atoms with Crippen LogP contribution in [0.2, 0.25) is 5.02 Å². The molecule has 0 spiro atoms. The number of ether oxygens (including phenoxy) is 1. The topological polar surface area (TPSA) is 80.7 Å². The monoisotopic (exact) mass is 263 g/mol. The van der Waals surface area contributed by atoms with E-state index < -0.39 is 0 Å². The van der Waals surface area contributed by atoms with Gasteiger partial charge in [0.1, 0.15) is 5.75 Å². The second kappa shape index (κ2) is 5.37. The Morgan fingerprint density at radius 3 is 2.89 bits per heavy atom. The van der Waals surface area contributed by atoms with Gasteiger partial charge in [-0.05, 0) is 30.3 Å². The van der Waals surface area contributed by atoms with Crippen LogP contribution in [0.1, 0.15) is 5.69 Å². The standard InChI is InChI=1S/C12H10ClN3O2/c13-8-3-1-4-9(7-8)18-10-5-2-6-15-11(10)12(14)16-17/h1-7,17H,(H2,14,16). The lowest BCUT2D eigenvalue weighted by Gasteiger charge is -2.09. The molecular weight excluding hydrogens is 254 g/mol. The Labute approximate surface area is 108 Å². The molecule has 0 amide bonds. The van der Waals surface area contributed by atoms with E-state index in [2.05, 4.69) is 10.1 Å². The van der Waals surface area contributed by atoms with E-state index in [1.54, 1.807) is 36.4 Å². The molecule has 0 radical (unpaired) electrons. The Balaban J connectivity index is 2.35. The summed E-state index contributed by atoms with van der Waals surface area (Å²) in [5.74, 6) is 0.810. The molecular formula is C12H10ClN3O2. The zero-order valence-corrected chi connectivity index (χ0v) is 10.0. The van der Waals surface area contributed by atoms with Gasteiger partial charge in [0, 0.05) is 11.2 Å². The fraction of sp³-hybridized carbons (Fsp3) is 0. The van der Waals surface area contributed by atoms with E-state index in [0.717, 1.165) is 0 Å². The van der Waals surface area contributed by atoms with Crippen LogP contribution in [0.25, 0.3) is 0 Å². The van der Waals surface area contributed by atoms with Crippen molar-refractivity contribution in [2.75, 3.05) is 0 Å². The van der Waals surface area contributed by atoms with Gasteiger partial charge in [-0.2, -0.15) is 0 Å². The number of halogens is 1. The van der Waals surface area contributed by atoms with Crippen LogP contribution in [-0.2, 0) is 0 Å². The highest BCUT2D eigenvalue weighted by Gasteiger charge is 2.10. The third kappa shape index (κ3) is 2.70. The molecule has 2 rings (SSSR count). The van der Waals surface area contributed by atoms with Crippen molar-refractivity contribution in [3.05, 3.63) is 53.3 Å². The lowest BCUT2D eigenvalue weighted by Crippen LogP contribution is -2.15. The van der Waals surface area contributed by atoms with Crippen molar-refractivity contribution < 1.29 is 9.94 Å². The maximum Gasteiger partial charge on any atom is 0.192 e. The van der Waals surface area contributed by atoms with Crippen molar-refractivity contribution in [3.8, 4) is 11.5 Å². The van der Waals surface area contributed by atoms with Crippen molar-refractivity contribution in [3.63, 3.8) is 0 Å². The zero-order chi connectivity index (χ0) is 13.0. The Morgan fingerprint density at radius 2 is 2.17 bits per heavy atom. The van der Waals surface area contributed by atoms with Gasteiger partial charge in [0.25, 0.3) is 0 Å². The molecule has 1 heterocycles. The first-order valence-electron chi connectivity index (χ1n) is 5.07. The maximum atomic E-state index is 8.67. The van der Waals surface area contributed by atoms with Crippen LogP contribution in [0.3, 0.4) is 0 Å². The number of hydrogen-bond donors (Lipinski definition) is 2. The van der Waals surface area contributed by atoms with Crippen LogP contribution < -0.4 is 10.5 Å². The third-order valence-corrected chi connectivity index (χ3v) is 2.38. The first kappa shape index (κ1) is 12.2. The van der Waals surface area contributed by atoms with Crippen molar-refractivity contribution >= 4 is 17.4 Å². The molecule has 0 aliphatic carbocycles. The van der Waals surface area contributed by atoms with Crippen molar-refractivity contribution in [1.29, 1.82) is 0 Å². The maximum absolute atomic E-state index is 8.67. The number of amidine groups is 1. The zero-order valence-electron chi connectivity index (χ0n) is 9.25. The van der Waals surface area contributed by atoms with E-state index in [1.807, 2.05) is 0 Å². The molecule has 1 aromatic carbocycles. The minimum absolute atomic E-state index is 0.118. The molecule has 0 unspecified atom stereocenters. The van der Waals surface area contributed by atoms with E-state index in [1.165, 1.54) is 6.20 Å². The van der Waals surface area contributed by atoms with Crippen molar-refractivity contribution in [2.24, 2.45) is 10.9 Å². The molecule has 3 N–H and O–H groups in total. The Hall–Kier alpha value is -2.27. The molecule has 5 nitrogen and oxygen atoms in total. The van der Waals surface area contributed by atoms with Gasteiger partial charge in [0.15, 0.2) is 17.3 Å². The van der Waals surface area contributed by atoms with Crippen LogP contribution in [0, 0.1) is 0 Å². The summed E-state index contributed by atoms with van der Waals surface area (Å²) in [7, 11) is 0. The number of oxime groups is 1. The summed E-state index contributed by atoms with van der Waals surface area (Å²) in [6.45, 7) is 0. The average Bonchev–Trinajstić information content (AvgIpc) is 2.38. The smallest absolute Gasteiger partial charge is 0.192 e. The molecule has 18 heavy (non-hydrogen) atoms. The summed E-state index contributed by atoms with van der Waals surface area (Å²) in [5, 5.41) is 12.1. The van der Waals surface area contributed by atoms with E-state index in [-0.39, 0.29) is 11.5 Å². The molecule has 2 aromatic rings. The molecule has 0 atom stereocenters. The predicted molar refractivity (Wildman–Crippen MR) is 68.3 cm³/mol. The molecule has 6 heteroatoms. The molecule has 0 bridgehead atoms. The SMILES string of the molecule is N/C(=N/O)c1ncccc1Oc1cccc(Cl)c1. The first-order chi connectivity index (χ1) is 8.70. The lowest BCUT2D eigenvalue weighted by molar-refractivity contribution is 0.318. The Bertz CT molecular complexity index is 587. The number of benzene rings is 1. The Kier molecular flexibility index (Phi) is 3.64. The summed E-state index contributed by atoms with van der Waals surface area (Å²) in [5.41, 5.74) is 5.77.